The number of nitrogens with zero attached hydrogens (tertiary/aromatic N) is 1. The largest absolute Gasteiger partial charge is 0.381 e. The van der Waals surface area contributed by atoms with Crippen molar-refractivity contribution in [2.45, 2.75) is 18.4 Å². The van der Waals surface area contributed by atoms with Crippen molar-refractivity contribution in [1.82, 2.24) is 9.97 Å². The first kappa shape index (κ1) is 12.2. The number of nitrogens with one attached hydrogen (secondary N) is 1. The van der Waals surface area contributed by atoms with Crippen molar-refractivity contribution in [2.75, 3.05) is 13.2 Å². The summed E-state index contributed by atoms with van der Waals surface area (Å²) in [7, 11) is 0. The van der Waals surface area contributed by atoms with E-state index in [1.165, 1.54) is 0 Å². The van der Waals surface area contributed by atoms with Gasteiger partial charge in [0, 0.05) is 13.2 Å². The number of H-pyrrole nitrogens is 1. The van der Waals surface area contributed by atoms with E-state index >= 15 is 0 Å². The van der Waals surface area contributed by atoms with E-state index in [2.05, 4.69) is 9.97 Å². The van der Waals surface area contributed by atoms with Gasteiger partial charge in [-0.15, -0.1) is 0 Å². The molecular weight excluding hydrogens is 273 g/mol. The SMILES string of the molecule is NC1(c2nc3cc(Cl)c(Cl)cc3[nH]2)CCOCC1. The Labute approximate surface area is 114 Å². The summed E-state index contributed by atoms with van der Waals surface area (Å²) in [6.45, 7) is 1.32. The van der Waals surface area contributed by atoms with Crippen LogP contribution in [0.25, 0.3) is 11.0 Å². The molecule has 0 bridgehead atoms. The molecule has 2 heterocycles. The highest BCUT2D eigenvalue weighted by molar-refractivity contribution is 6.42. The summed E-state index contributed by atoms with van der Waals surface area (Å²) in [5.74, 6) is 0.777. The van der Waals surface area contributed by atoms with E-state index in [-0.39, 0.29) is 0 Å². The maximum absolute atomic E-state index is 6.38. The highest BCUT2D eigenvalue weighted by atomic mass is 35.5. The normalized spacial score (nSPS) is 19.3. The van der Waals surface area contributed by atoms with Gasteiger partial charge in [0.15, 0.2) is 0 Å². The lowest BCUT2D eigenvalue weighted by atomic mass is 9.91. The topological polar surface area (TPSA) is 63.9 Å². The fraction of sp³-hybridized carbons (Fsp3) is 0.417. The van der Waals surface area contributed by atoms with Gasteiger partial charge in [-0.25, -0.2) is 4.98 Å². The number of halogens is 2. The Hall–Kier alpha value is -0.810. The Morgan fingerprint density at radius 3 is 2.61 bits per heavy atom. The van der Waals surface area contributed by atoms with Crippen LogP contribution >= 0.6 is 23.2 Å². The lowest BCUT2D eigenvalue weighted by Gasteiger charge is -2.31. The minimum atomic E-state index is -0.448. The van der Waals surface area contributed by atoms with Gasteiger partial charge < -0.3 is 15.5 Å². The Morgan fingerprint density at radius 2 is 1.89 bits per heavy atom. The predicted molar refractivity (Wildman–Crippen MR) is 72.0 cm³/mol. The molecule has 0 amide bonds. The maximum atomic E-state index is 6.38. The van der Waals surface area contributed by atoms with Crippen molar-refractivity contribution in [2.24, 2.45) is 5.73 Å². The first-order valence-corrected chi connectivity index (χ1v) is 6.56. The molecule has 0 radical (unpaired) electrons. The van der Waals surface area contributed by atoms with Gasteiger partial charge in [-0.1, -0.05) is 23.2 Å². The number of hydrogen-bond donors (Lipinski definition) is 2. The smallest absolute Gasteiger partial charge is 0.127 e. The molecule has 1 aromatic heterocycles. The van der Waals surface area contributed by atoms with Crippen molar-refractivity contribution in [1.29, 1.82) is 0 Å². The molecule has 18 heavy (non-hydrogen) atoms. The van der Waals surface area contributed by atoms with Crippen LogP contribution in [0.5, 0.6) is 0 Å². The molecule has 0 aliphatic carbocycles. The number of hydrogen-bond acceptors (Lipinski definition) is 3. The Kier molecular flexibility index (Phi) is 2.98. The van der Waals surface area contributed by atoms with Crippen molar-refractivity contribution in [3.63, 3.8) is 0 Å². The zero-order chi connectivity index (χ0) is 12.8. The van der Waals surface area contributed by atoms with Crippen LogP contribution in [0.3, 0.4) is 0 Å². The van der Waals surface area contributed by atoms with Gasteiger partial charge >= 0.3 is 0 Å². The molecule has 96 valence electrons. The second-order valence-electron chi connectivity index (χ2n) is 4.64. The fourth-order valence-electron chi connectivity index (χ4n) is 2.21. The molecule has 0 atom stereocenters. The zero-order valence-electron chi connectivity index (χ0n) is 9.67. The summed E-state index contributed by atoms with van der Waals surface area (Å²) in [5, 5.41) is 1.01. The van der Waals surface area contributed by atoms with E-state index in [1.807, 2.05) is 0 Å². The number of rotatable bonds is 1. The number of fused-ring (bicyclic) bond motifs is 1. The molecule has 4 nitrogen and oxygen atoms in total. The van der Waals surface area contributed by atoms with Crippen LogP contribution in [0.2, 0.25) is 10.0 Å². The molecule has 3 rings (SSSR count). The summed E-state index contributed by atoms with van der Waals surface area (Å²) in [6, 6.07) is 3.53. The summed E-state index contributed by atoms with van der Waals surface area (Å²) in [5.41, 5.74) is 7.58. The summed E-state index contributed by atoms with van der Waals surface area (Å²) in [6.07, 6.45) is 1.52. The molecule has 6 heteroatoms. The predicted octanol–water partition coefficient (Wildman–Crippen LogP) is 2.83. The second-order valence-corrected chi connectivity index (χ2v) is 5.45. The highest BCUT2D eigenvalue weighted by Gasteiger charge is 2.33. The van der Waals surface area contributed by atoms with Crippen molar-refractivity contribution < 1.29 is 4.74 Å². The van der Waals surface area contributed by atoms with Gasteiger partial charge in [0.1, 0.15) is 5.82 Å². The molecule has 0 spiro atoms. The molecule has 0 saturated carbocycles. The van der Waals surface area contributed by atoms with Crippen LogP contribution in [0, 0.1) is 0 Å². The molecule has 1 saturated heterocycles. The number of benzene rings is 1. The molecule has 2 aromatic rings. The highest BCUT2D eigenvalue weighted by Crippen LogP contribution is 2.31. The van der Waals surface area contributed by atoms with Gasteiger partial charge in [0.2, 0.25) is 0 Å². The third-order valence-electron chi connectivity index (χ3n) is 3.38. The Balaban J connectivity index is 2.07. The lowest BCUT2D eigenvalue weighted by molar-refractivity contribution is 0.0496. The number of imidazole rings is 1. The summed E-state index contributed by atoms with van der Waals surface area (Å²) >= 11 is 12.0. The van der Waals surface area contributed by atoms with Crippen LogP contribution in [-0.2, 0) is 10.3 Å². The minimum Gasteiger partial charge on any atom is -0.381 e. The van der Waals surface area contributed by atoms with Crippen LogP contribution in [0.1, 0.15) is 18.7 Å². The average molecular weight is 286 g/mol. The number of aromatic amines is 1. The van der Waals surface area contributed by atoms with Crippen LogP contribution < -0.4 is 5.73 Å². The van der Waals surface area contributed by atoms with Gasteiger partial charge in [0.05, 0.1) is 26.6 Å². The van der Waals surface area contributed by atoms with Crippen LogP contribution in [0.4, 0.5) is 0 Å². The van der Waals surface area contributed by atoms with Gasteiger partial charge in [0.25, 0.3) is 0 Å². The van der Waals surface area contributed by atoms with Crippen molar-refractivity contribution in [3.8, 4) is 0 Å². The number of nitrogens with two attached hydrogens (primary N) is 1. The third-order valence-corrected chi connectivity index (χ3v) is 4.10. The quantitative estimate of drug-likeness (QED) is 0.847. The lowest BCUT2D eigenvalue weighted by Crippen LogP contribution is -2.43. The molecule has 3 N–H and O–H groups in total. The summed E-state index contributed by atoms with van der Waals surface area (Å²) in [4.78, 5) is 7.77. The van der Waals surface area contributed by atoms with Crippen molar-refractivity contribution in [3.05, 3.63) is 28.0 Å². The molecule has 0 unspecified atom stereocenters. The Bertz CT molecular complexity index is 551. The average Bonchev–Trinajstić information content (AvgIpc) is 2.74. The first-order valence-electron chi connectivity index (χ1n) is 5.80. The van der Waals surface area contributed by atoms with Crippen LogP contribution in [0.15, 0.2) is 12.1 Å². The second kappa shape index (κ2) is 4.38. The van der Waals surface area contributed by atoms with Gasteiger partial charge in [-0.2, -0.15) is 0 Å². The first-order chi connectivity index (χ1) is 8.58. The fourth-order valence-corrected chi connectivity index (χ4v) is 2.53. The zero-order valence-corrected chi connectivity index (χ0v) is 11.2. The molecule has 1 aliphatic heterocycles. The van der Waals surface area contributed by atoms with Crippen molar-refractivity contribution >= 4 is 34.2 Å². The third kappa shape index (κ3) is 1.99. The molecule has 1 aliphatic rings. The van der Waals surface area contributed by atoms with Gasteiger partial charge in [-0.3, -0.25) is 0 Å². The van der Waals surface area contributed by atoms with E-state index in [0.29, 0.717) is 23.3 Å². The van der Waals surface area contributed by atoms with Crippen LogP contribution in [-0.4, -0.2) is 23.2 Å². The standard InChI is InChI=1S/C12H13Cl2N3O/c13-7-5-9-10(6-8(7)14)17-11(16-9)12(15)1-3-18-4-2-12/h5-6H,1-4,15H2,(H,16,17). The van der Waals surface area contributed by atoms with E-state index < -0.39 is 5.54 Å². The van der Waals surface area contributed by atoms with E-state index in [0.717, 1.165) is 29.7 Å². The molecular formula is C12H13Cl2N3O. The van der Waals surface area contributed by atoms with E-state index in [4.69, 9.17) is 33.7 Å². The summed E-state index contributed by atoms with van der Waals surface area (Å²) < 4.78 is 5.33. The number of ether oxygens (including phenoxy) is 1. The number of aromatic nitrogens is 2. The maximum Gasteiger partial charge on any atom is 0.127 e. The van der Waals surface area contributed by atoms with E-state index in [9.17, 15) is 0 Å². The molecule has 1 fully saturated rings. The monoisotopic (exact) mass is 285 g/mol. The van der Waals surface area contributed by atoms with E-state index in [1.54, 1.807) is 12.1 Å². The Morgan fingerprint density at radius 1 is 1.22 bits per heavy atom. The molecule has 1 aromatic carbocycles. The minimum absolute atomic E-state index is 0.448. The van der Waals surface area contributed by atoms with Gasteiger partial charge in [-0.05, 0) is 25.0 Å².